The van der Waals surface area contributed by atoms with E-state index >= 15 is 0 Å². The number of thioether (sulfide) groups is 1. The highest BCUT2D eigenvalue weighted by Gasteiger charge is 2.11. The number of nitrogens with one attached hydrogen (secondary N) is 2. The fourth-order valence-electron chi connectivity index (χ4n) is 1.70. The van der Waals surface area contributed by atoms with Gasteiger partial charge < -0.3 is 15.5 Å². The third-order valence-corrected chi connectivity index (χ3v) is 3.52. The third kappa shape index (κ3) is 4.74. The van der Waals surface area contributed by atoms with E-state index < -0.39 is 0 Å². The Morgan fingerprint density at radius 3 is 2.32 bits per heavy atom. The van der Waals surface area contributed by atoms with Crippen LogP contribution < -0.4 is 15.5 Å². The van der Waals surface area contributed by atoms with Crippen molar-refractivity contribution in [2.75, 3.05) is 47.7 Å². The molecule has 0 amide bonds. The van der Waals surface area contributed by atoms with E-state index in [4.69, 9.17) is 0 Å². The van der Waals surface area contributed by atoms with Crippen LogP contribution in [-0.4, -0.2) is 53.1 Å². The number of nitrogens with zero attached hydrogens (tertiary/aromatic N) is 4. The van der Waals surface area contributed by atoms with Crippen molar-refractivity contribution in [3.05, 3.63) is 0 Å². The van der Waals surface area contributed by atoms with E-state index in [0.717, 1.165) is 18.8 Å². The van der Waals surface area contributed by atoms with Crippen LogP contribution in [-0.2, 0) is 0 Å². The SMILES string of the molecule is CCN(CC)c1nc(NC)nc(NC(C)CSC)n1. The van der Waals surface area contributed by atoms with Gasteiger partial charge in [-0.1, -0.05) is 0 Å². The first-order valence-electron chi connectivity index (χ1n) is 6.58. The number of hydrogen-bond donors (Lipinski definition) is 2. The summed E-state index contributed by atoms with van der Waals surface area (Å²) in [4.78, 5) is 15.3. The Morgan fingerprint density at radius 1 is 1.16 bits per heavy atom. The molecular weight excluding hydrogens is 260 g/mol. The van der Waals surface area contributed by atoms with Gasteiger partial charge in [-0.15, -0.1) is 0 Å². The molecule has 1 aromatic heterocycles. The molecule has 0 fully saturated rings. The Balaban J connectivity index is 2.94. The molecule has 0 radical (unpaired) electrons. The van der Waals surface area contributed by atoms with E-state index in [9.17, 15) is 0 Å². The van der Waals surface area contributed by atoms with Crippen LogP contribution in [0.1, 0.15) is 20.8 Å². The molecule has 6 nitrogen and oxygen atoms in total. The lowest BCUT2D eigenvalue weighted by Crippen LogP contribution is -2.26. The minimum atomic E-state index is 0.326. The van der Waals surface area contributed by atoms with Gasteiger partial charge in [0, 0.05) is 31.9 Å². The molecule has 0 aliphatic carbocycles. The van der Waals surface area contributed by atoms with Crippen molar-refractivity contribution in [3.63, 3.8) is 0 Å². The van der Waals surface area contributed by atoms with Gasteiger partial charge in [0.25, 0.3) is 0 Å². The van der Waals surface area contributed by atoms with Crippen molar-refractivity contribution < 1.29 is 0 Å². The van der Waals surface area contributed by atoms with E-state index in [1.54, 1.807) is 11.8 Å². The average Bonchev–Trinajstić information content (AvgIpc) is 2.40. The molecule has 108 valence electrons. The van der Waals surface area contributed by atoms with Crippen molar-refractivity contribution in [1.29, 1.82) is 0 Å². The predicted molar refractivity (Wildman–Crippen MR) is 84.4 cm³/mol. The van der Waals surface area contributed by atoms with E-state index in [2.05, 4.69) is 57.5 Å². The van der Waals surface area contributed by atoms with Crippen LogP contribution in [0.25, 0.3) is 0 Å². The smallest absolute Gasteiger partial charge is 0.231 e. The van der Waals surface area contributed by atoms with Gasteiger partial charge in [-0.2, -0.15) is 26.7 Å². The highest BCUT2D eigenvalue weighted by Crippen LogP contribution is 2.14. The van der Waals surface area contributed by atoms with Crippen LogP contribution in [0, 0.1) is 0 Å². The third-order valence-electron chi connectivity index (χ3n) is 2.69. The molecule has 0 saturated carbocycles. The number of rotatable bonds is 8. The van der Waals surface area contributed by atoms with Crippen LogP contribution in [0.2, 0.25) is 0 Å². The molecule has 0 aliphatic rings. The Labute approximate surface area is 119 Å². The number of hydrogen-bond acceptors (Lipinski definition) is 7. The van der Waals surface area contributed by atoms with Crippen molar-refractivity contribution in [2.45, 2.75) is 26.8 Å². The molecule has 0 spiro atoms. The molecule has 1 unspecified atom stereocenters. The largest absolute Gasteiger partial charge is 0.357 e. The second-order valence-electron chi connectivity index (χ2n) is 4.21. The summed E-state index contributed by atoms with van der Waals surface area (Å²) in [7, 11) is 1.82. The summed E-state index contributed by atoms with van der Waals surface area (Å²) in [6.45, 7) is 8.06. The summed E-state index contributed by atoms with van der Waals surface area (Å²) in [6, 6.07) is 0.326. The minimum Gasteiger partial charge on any atom is -0.357 e. The molecule has 0 aromatic carbocycles. The highest BCUT2D eigenvalue weighted by atomic mass is 32.2. The molecule has 19 heavy (non-hydrogen) atoms. The summed E-state index contributed by atoms with van der Waals surface area (Å²) < 4.78 is 0. The monoisotopic (exact) mass is 284 g/mol. The molecule has 7 heteroatoms. The second-order valence-corrected chi connectivity index (χ2v) is 5.12. The zero-order chi connectivity index (χ0) is 14.3. The van der Waals surface area contributed by atoms with Crippen LogP contribution in [0.4, 0.5) is 17.8 Å². The summed E-state index contributed by atoms with van der Waals surface area (Å²) in [6.07, 6.45) is 2.09. The van der Waals surface area contributed by atoms with Crippen molar-refractivity contribution in [2.24, 2.45) is 0 Å². The molecule has 1 rings (SSSR count). The van der Waals surface area contributed by atoms with E-state index in [-0.39, 0.29) is 0 Å². The molecule has 1 aromatic rings. The van der Waals surface area contributed by atoms with Crippen molar-refractivity contribution in [1.82, 2.24) is 15.0 Å². The van der Waals surface area contributed by atoms with Gasteiger partial charge in [-0.3, -0.25) is 0 Å². The first kappa shape index (κ1) is 15.8. The average molecular weight is 284 g/mol. The van der Waals surface area contributed by atoms with Crippen LogP contribution >= 0.6 is 11.8 Å². The Morgan fingerprint density at radius 2 is 1.79 bits per heavy atom. The fraction of sp³-hybridized carbons (Fsp3) is 0.750. The zero-order valence-electron chi connectivity index (χ0n) is 12.4. The molecule has 1 atom stereocenters. The van der Waals surface area contributed by atoms with Crippen LogP contribution in [0.5, 0.6) is 0 Å². The topological polar surface area (TPSA) is 66.0 Å². The molecule has 0 saturated heterocycles. The maximum absolute atomic E-state index is 4.49. The lowest BCUT2D eigenvalue weighted by molar-refractivity contribution is 0.805. The lowest BCUT2D eigenvalue weighted by atomic mass is 10.4. The summed E-state index contributed by atoms with van der Waals surface area (Å²) in [5.41, 5.74) is 0. The van der Waals surface area contributed by atoms with Crippen LogP contribution in [0.15, 0.2) is 0 Å². The van der Waals surface area contributed by atoms with Gasteiger partial charge in [-0.25, -0.2) is 0 Å². The van der Waals surface area contributed by atoms with Gasteiger partial charge in [0.2, 0.25) is 17.8 Å². The minimum absolute atomic E-state index is 0.326. The van der Waals surface area contributed by atoms with E-state index in [1.807, 2.05) is 7.05 Å². The van der Waals surface area contributed by atoms with Crippen molar-refractivity contribution >= 4 is 29.6 Å². The maximum atomic E-state index is 4.49. The molecule has 0 bridgehead atoms. The Kier molecular flexibility index (Phi) is 6.69. The van der Waals surface area contributed by atoms with Crippen molar-refractivity contribution in [3.8, 4) is 0 Å². The van der Waals surface area contributed by atoms with Gasteiger partial charge in [-0.05, 0) is 27.0 Å². The second kappa shape index (κ2) is 8.04. The first-order valence-corrected chi connectivity index (χ1v) is 7.98. The summed E-state index contributed by atoms with van der Waals surface area (Å²) in [5.74, 6) is 2.95. The maximum Gasteiger partial charge on any atom is 0.231 e. The normalized spacial score (nSPS) is 12.1. The van der Waals surface area contributed by atoms with Crippen LogP contribution in [0.3, 0.4) is 0 Å². The van der Waals surface area contributed by atoms with Gasteiger partial charge in [0.1, 0.15) is 0 Å². The Bertz CT molecular complexity index is 382. The zero-order valence-corrected chi connectivity index (χ0v) is 13.2. The first-order chi connectivity index (χ1) is 9.14. The molecule has 1 heterocycles. The number of anilines is 3. The fourth-order valence-corrected chi connectivity index (χ4v) is 2.28. The molecular formula is C12H24N6S. The lowest BCUT2D eigenvalue weighted by Gasteiger charge is -2.20. The van der Waals surface area contributed by atoms with E-state index in [1.165, 1.54) is 0 Å². The van der Waals surface area contributed by atoms with Gasteiger partial charge in [0.15, 0.2) is 0 Å². The number of aromatic nitrogens is 3. The standard InChI is InChI=1S/C12H24N6S/c1-6-18(7-2)12-16-10(13-4)15-11(17-12)14-9(3)8-19-5/h9H,6-8H2,1-5H3,(H2,13,14,15,16,17). The highest BCUT2D eigenvalue weighted by molar-refractivity contribution is 7.98. The summed E-state index contributed by atoms with van der Waals surface area (Å²) >= 11 is 1.80. The van der Waals surface area contributed by atoms with Gasteiger partial charge in [0.05, 0.1) is 0 Å². The Hall–Kier alpha value is -1.24. The molecule has 0 aliphatic heterocycles. The summed E-state index contributed by atoms with van der Waals surface area (Å²) in [5, 5.41) is 6.29. The molecule has 2 N–H and O–H groups in total. The quantitative estimate of drug-likeness (QED) is 0.756. The van der Waals surface area contributed by atoms with E-state index in [0.29, 0.717) is 23.9 Å². The predicted octanol–water partition coefficient (Wildman–Crippen LogP) is 1.92. The van der Waals surface area contributed by atoms with Gasteiger partial charge >= 0.3 is 0 Å².